The molecular formula is C18H27NO2. The average Bonchev–Trinajstić information content (AvgIpc) is 2.90. The van der Waals surface area contributed by atoms with Crippen LogP contribution in [0.4, 0.5) is 0 Å². The van der Waals surface area contributed by atoms with Crippen LogP contribution in [0.1, 0.15) is 38.3 Å². The van der Waals surface area contributed by atoms with Crippen molar-refractivity contribution in [2.45, 2.75) is 51.7 Å². The number of nitrogens with zero attached hydrogens (tertiary/aromatic N) is 1. The van der Waals surface area contributed by atoms with E-state index < -0.39 is 0 Å². The Labute approximate surface area is 128 Å². The molecule has 0 aliphatic carbocycles. The maximum Gasteiger partial charge on any atom is 0.122 e. The van der Waals surface area contributed by atoms with Crippen LogP contribution in [-0.4, -0.2) is 42.8 Å². The number of fused-ring (bicyclic) bond motifs is 1. The molecule has 1 aromatic carbocycles. The molecule has 1 fully saturated rings. The van der Waals surface area contributed by atoms with Gasteiger partial charge < -0.3 is 9.47 Å². The fourth-order valence-corrected chi connectivity index (χ4v) is 3.31. The second-order valence-electron chi connectivity index (χ2n) is 7.02. The van der Waals surface area contributed by atoms with Crippen LogP contribution in [0, 0.1) is 0 Å². The van der Waals surface area contributed by atoms with Crippen molar-refractivity contribution < 1.29 is 9.47 Å². The molecular weight excluding hydrogens is 262 g/mol. The van der Waals surface area contributed by atoms with Crippen LogP contribution < -0.4 is 4.74 Å². The van der Waals surface area contributed by atoms with E-state index in [4.69, 9.17) is 9.47 Å². The van der Waals surface area contributed by atoms with E-state index in [0.29, 0.717) is 6.10 Å². The van der Waals surface area contributed by atoms with Crippen LogP contribution in [-0.2, 0) is 17.6 Å². The first-order valence-electron chi connectivity index (χ1n) is 8.16. The lowest BCUT2D eigenvalue weighted by Crippen LogP contribution is -2.55. The van der Waals surface area contributed by atoms with Gasteiger partial charge in [0.25, 0.3) is 0 Å². The summed E-state index contributed by atoms with van der Waals surface area (Å²) < 4.78 is 11.4. The molecule has 116 valence electrons. The first-order valence-corrected chi connectivity index (χ1v) is 8.16. The van der Waals surface area contributed by atoms with Crippen molar-refractivity contribution in [3.63, 3.8) is 0 Å². The molecule has 0 radical (unpaired) electrons. The molecule has 1 aromatic rings. The summed E-state index contributed by atoms with van der Waals surface area (Å²) in [5.74, 6) is 1.09. The number of ether oxygens (including phenoxy) is 2. The first-order chi connectivity index (χ1) is 10.0. The molecule has 2 aliphatic heterocycles. The number of aryl methyl sites for hydroxylation is 1. The van der Waals surface area contributed by atoms with Gasteiger partial charge in [-0.1, -0.05) is 12.1 Å². The van der Waals surface area contributed by atoms with Gasteiger partial charge in [-0.3, -0.25) is 4.90 Å². The number of hydrogen-bond acceptors (Lipinski definition) is 3. The minimum atomic E-state index is 0.165. The van der Waals surface area contributed by atoms with Gasteiger partial charge in [0.15, 0.2) is 0 Å². The van der Waals surface area contributed by atoms with Crippen molar-refractivity contribution >= 4 is 0 Å². The second-order valence-corrected chi connectivity index (χ2v) is 7.02. The molecule has 0 amide bonds. The van der Waals surface area contributed by atoms with Gasteiger partial charge in [-0.15, -0.1) is 0 Å². The van der Waals surface area contributed by atoms with Gasteiger partial charge in [0.1, 0.15) is 5.75 Å². The van der Waals surface area contributed by atoms with Crippen molar-refractivity contribution in [2.75, 3.05) is 26.3 Å². The molecule has 0 aromatic heterocycles. The molecule has 1 saturated heterocycles. The normalized spacial score (nSPS) is 24.6. The number of morpholine rings is 1. The van der Waals surface area contributed by atoms with Crippen molar-refractivity contribution in [3.8, 4) is 5.75 Å². The summed E-state index contributed by atoms with van der Waals surface area (Å²) in [6.45, 7) is 10.6. The second kappa shape index (κ2) is 5.98. The van der Waals surface area contributed by atoms with Gasteiger partial charge in [0.05, 0.1) is 19.3 Å². The summed E-state index contributed by atoms with van der Waals surface area (Å²) in [7, 11) is 0. The summed E-state index contributed by atoms with van der Waals surface area (Å²) in [6, 6.07) is 6.69. The molecule has 3 nitrogen and oxygen atoms in total. The van der Waals surface area contributed by atoms with Crippen LogP contribution in [0.25, 0.3) is 0 Å². The molecule has 2 heterocycles. The van der Waals surface area contributed by atoms with E-state index in [0.717, 1.165) is 44.9 Å². The van der Waals surface area contributed by atoms with E-state index in [2.05, 4.69) is 43.9 Å². The Hall–Kier alpha value is -1.06. The monoisotopic (exact) mass is 289 g/mol. The predicted octanol–water partition coefficient (Wildman–Crippen LogP) is 3.05. The van der Waals surface area contributed by atoms with E-state index >= 15 is 0 Å². The summed E-state index contributed by atoms with van der Waals surface area (Å²) in [5.41, 5.74) is 2.99. The van der Waals surface area contributed by atoms with Crippen molar-refractivity contribution in [3.05, 3.63) is 29.3 Å². The highest BCUT2D eigenvalue weighted by Crippen LogP contribution is 2.27. The fourth-order valence-electron chi connectivity index (χ4n) is 3.31. The lowest BCUT2D eigenvalue weighted by molar-refractivity contribution is -0.0912. The van der Waals surface area contributed by atoms with Crippen LogP contribution in [0.15, 0.2) is 18.2 Å². The van der Waals surface area contributed by atoms with E-state index in [-0.39, 0.29) is 5.54 Å². The van der Waals surface area contributed by atoms with Gasteiger partial charge in [0, 0.05) is 18.5 Å². The summed E-state index contributed by atoms with van der Waals surface area (Å²) in [5, 5.41) is 0. The number of hydrogen-bond donors (Lipinski definition) is 0. The lowest BCUT2D eigenvalue weighted by Gasteiger charge is -2.44. The van der Waals surface area contributed by atoms with Crippen molar-refractivity contribution in [1.82, 2.24) is 4.90 Å². The highest BCUT2D eigenvalue weighted by Gasteiger charge is 2.32. The van der Waals surface area contributed by atoms with Gasteiger partial charge in [-0.25, -0.2) is 0 Å². The highest BCUT2D eigenvalue weighted by molar-refractivity contribution is 5.39. The van der Waals surface area contributed by atoms with Crippen LogP contribution in [0.2, 0.25) is 0 Å². The van der Waals surface area contributed by atoms with E-state index in [1.54, 1.807) is 0 Å². The molecule has 3 rings (SSSR count). The van der Waals surface area contributed by atoms with Crippen molar-refractivity contribution in [2.24, 2.45) is 0 Å². The standard InChI is InChI=1S/C18H27NO2/c1-14-12-19(18(2,3)13-21-14)9-4-5-15-6-7-17-16(11-15)8-10-20-17/h6-7,11,14H,4-5,8-10,12-13H2,1-3H3/t14-/m0/s1. The molecule has 3 heteroatoms. The molecule has 2 aliphatic rings. The molecule has 0 spiro atoms. The molecule has 1 atom stereocenters. The molecule has 21 heavy (non-hydrogen) atoms. The van der Waals surface area contributed by atoms with Gasteiger partial charge in [-0.05, 0) is 57.4 Å². The Morgan fingerprint density at radius 3 is 3.05 bits per heavy atom. The number of rotatable bonds is 4. The molecule has 0 saturated carbocycles. The summed E-state index contributed by atoms with van der Waals surface area (Å²) in [4.78, 5) is 2.58. The first kappa shape index (κ1) is 14.9. The topological polar surface area (TPSA) is 21.7 Å². The zero-order chi connectivity index (χ0) is 14.9. The Morgan fingerprint density at radius 1 is 1.33 bits per heavy atom. The Kier molecular flexibility index (Phi) is 4.23. The Morgan fingerprint density at radius 2 is 2.19 bits per heavy atom. The summed E-state index contributed by atoms with van der Waals surface area (Å²) in [6.07, 6.45) is 3.78. The van der Waals surface area contributed by atoms with Crippen LogP contribution in [0.5, 0.6) is 5.75 Å². The van der Waals surface area contributed by atoms with E-state index in [1.807, 2.05) is 0 Å². The zero-order valence-electron chi connectivity index (χ0n) is 13.5. The predicted molar refractivity (Wildman–Crippen MR) is 85.0 cm³/mol. The minimum absolute atomic E-state index is 0.165. The Balaban J connectivity index is 1.53. The summed E-state index contributed by atoms with van der Waals surface area (Å²) >= 11 is 0. The van der Waals surface area contributed by atoms with Gasteiger partial charge >= 0.3 is 0 Å². The van der Waals surface area contributed by atoms with E-state index in [9.17, 15) is 0 Å². The largest absolute Gasteiger partial charge is 0.493 e. The molecule has 0 bridgehead atoms. The van der Waals surface area contributed by atoms with Gasteiger partial charge in [-0.2, -0.15) is 0 Å². The average molecular weight is 289 g/mol. The van der Waals surface area contributed by atoms with Gasteiger partial charge in [0.2, 0.25) is 0 Å². The van der Waals surface area contributed by atoms with Crippen molar-refractivity contribution in [1.29, 1.82) is 0 Å². The maximum atomic E-state index is 5.78. The third-order valence-electron chi connectivity index (χ3n) is 4.70. The minimum Gasteiger partial charge on any atom is -0.493 e. The third-order valence-corrected chi connectivity index (χ3v) is 4.70. The molecule has 0 unspecified atom stereocenters. The SMILES string of the molecule is C[C@H]1CN(CCCc2ccc3c(c2)CCO3)C(C)(C)CO1. The number of benzene rings is 1. The fraction of sp³-hybridized carbons (Fsp3) is 0.667. The van der Waals surface area contributed by atoms with E-state index in [1.165, 1.54) is 17.5 Å². The smallest absolute Gasteiger partial charge is 0.122 e. The third kappa shape index (κ3) is 3.41. The zero-order valence-corrected chi connectivity index (χ0v) is 13.5. The highest BCUT2D eigenvalue weighted by atomic mass is 16.5. The Bertz CT molecular complexity index is 498. The van der Waals surface area contributed by atoms with Crippen LogP contribution >= 0.6 is 0 Å². The quantitative estimate of drug-likeness (QED) is 0.850. The molecule has 0 N–H and O–H groups in total. The lowest BCUT2D eigenvalue weighted by atomic mass is 9.99. The maximum absolute atomic E-state index is 5.78. The van der Waals surface area contributed by atoms with Crippen LogP contribution in [0.3, 0.4) is 0 Å².